The summed E-state index contributed by atoms with van der Waals surface area (Å²) in [6.45, 7) is 0.232. The van der Waals surface area contributed by atoms with Gasteiger partial charge < -0.3 is 5.32 Å². The summed E-state index contributed by atoms with van der Waals surface area (Å²) in [7, 11) is 0. The first-order chi connectivity index (χ1) is 15.6. The summed E-state index contributed by atoms with van der Waals surface area (Å²) in [5.41, 5.74) is 1.00. The van der Waals surface area contributed by atoms with Crippen molar-refractivity contribution in [2.24, 2.45) is 0 Å². The Hall–Kier alpha value is -3.07. The third-order valence-electron chi connectivity index (χ3n) is 5.20. The molecule has 0 radical (unpaired) electrons. The van der Waals surface area contributed by atoms with Crippen molar-refractivity contribution in [3.05, 3.63) is 76.6 Å². The van der Waals surface area contributed by atoms with Crippen LogP contribution in [0.1, 0.15) is 12.0 Å². The maximum atomic E-state index is 13.1. The van der Waals surface area contributed by atoms with Gasteiger partial charge in [0.2, 0.25) is 5.91 Å². The number of nitrogens with one attached hydrogen (secondary N) is 1. The van der Waals surface area contributed by atoms with E-state index in [9.17, 15) is 9.59 Å². The first-order valence-electron chi connectivity index (χ1n) is 9.95. The Morgan fingerprint density at radius 1 is 1.09 bits per heavy atom. The van der Waals surface area contributed by atoms with Crippen LogP contribution < -0.4 is 5.32 Å². The molecule has 32 heavy (non-hydrogen) atoms. The van der Waals surface area contributed by atoms with Gasteiger partial charge in [-0.1, -0.05) is 72.5 Å². The van der Waals surface area contributed by atoms with Crippen molar-refractivity contribution < 1.29 is 9.59 Å². The molecular weight excluding hydrogens is 458 g/mol. The van der Waals surface area contributed by atoms with Crippen LogP contribution in [0.25, 0.3) is 27.6 Å². The van der Waals surface area contributed by atoms with Gasteiger partial charge in [0.05, 0.1) is 4.91 Å². The lowest BCUT2D eigenvalue weighted by Crippen LogP contribution is -2.31. The standard InChI is InChI=1S/C24H17N3O2S3/c28-21(26-23-25-10-12-31-23)9-11-27-22(29)20(32-24(27)30)14-19-17-7-3-1-5-15(17)13-16-6-2-4-8-18(16)19/h1-8,10,12-14H,9,11H2,(H,25,26,28)/b20-14-. The molecule has 0 atom stereocenters. The molecule has 1 aliphatic rings. The molecule has 0 bridgehead atoms. The summed E-state index contributed by atoms with van der Waals surface area (Å²) in [6.07, 6.45) is 3.71. The van der Waals surface area contributed by atoms with Gasteiger partial charge in [-0.15, -0.1) is 11.3 Å². The van der Waals surface area contributed by atoms with Crippen LogP contribution in [0, 0.1) is 0 Å². The van der Waals surface area contributed by atoms with Gasteiger partial charge in [0.15, 0.2) is 5.13 Å². The van der Waals surface area contributed by atoms with Crippen LogP contribution in [0.3, 0.4) is 0 Å². The van der Waals surface area contributed by atoms with Gasteiger partial charge >= 0.3 is 0 Å². The Bertz CT molecular complexity index is 1340. The molecule has 0 saturated carbocycles. The molecule has 5 nitrogen and oxygen atoms in total. The summed E-state index contributed by atoms with van der Waals surface area (Å²) in [4.78, 5) is 31.4. The highest BCUT2D eigenvalue weighted by atomic mass is 32.2. The minimum atomic E-state index is -0.196. The summed E-state index contributed by atoms with van der Waals surface area (Å²) in [5.74, 6) is -0.364. The lowest BCUT2D eigenvalue weighted by atomic mass is 9.96. The molecule has 5 rings (SSSR count). The normalized spacial score (nSPS) is 15.2. The molecule has 2 amide bonds. The second-order valence-corrected chi connectivity index (χ2v) is 9.77. The monoisotopic (exact) mass is 475 g/mol. The maximum absolute atomic E-state index is 13.1. The average Bonchev–Trinajstić information content (AvgIpc) is 3.40. The van der Waals surface area contributed by atoms with E-state index in [1.807, 2.05) is 30.3 Å². The van der Waals surface area contributed by atoms with E-state index in [0.717, 1.165) is 27.1 Å². The number of thiocarbonyl (C=S) groups is 1. The molecule has 8 heteroatoms. The molecule has 1 aromatic heterocycles. The molecule has 1 fully saturated rings. The lowest BCUT2D eigenvalue weighted by molar-refractivity contribution is -0.122. The van der Waals surface area contributed by atoms with Gasteiger partial charge in [-0.25, -0.2) is 4.98 Å². The zero-order valence-electron chi connectivity index (χ0n) is 16.8. The van der Waals surface area contributed by atoms with Crippen molar-refractivity contribution in [3.8, 4) is 0 Å². The fraction of sp³-hybridized carbons (Fsp3) is 0.0833. The minimum Gasteiger partial charge on any atom is -0.302 e. The zero-order chi connectivity index (χ0) is 22.1. The number of benzene rings is 3. The number of hydrogen-bond donors (Lipinski definition) is 1. The van der Waals surface area contributed by atoms with Crippen LogP contribution in [0.2, 0.25) is 0 Å². The number of thiazole rings is 1. The van der Waals surface area contributed by atoms with E-state index in [2.05, 4.69) is 40.6 Å². The van der Waals surface area contributed by atoms with Gasteiger partial charge in [-0.3, -0.25) is 14.5 Å². The maximum Gasteiger partial charge on any atom is 0.266 e. The molecule has 158 valence electrons. The largest absolute Gasteiger partial charge is 0.302 e. The van der Waals surface area contributed by atoms with E-state index in [1.165, 1.54) is 28.0 Å². The number of nitrogens with zero attached hydrogens (tertiary/aromatic N) is 2. The first kappa shape index (κ1) is 20.8. The number of carbonyl (C=O) groups is 2. The lowest BCUT2D eigenvalue weighted by Gasteiger charge is -2.13. The summed E-state index contributed by atoms with van der Waals surface area (Å²) in [6, 6.07) is 18.5. The number of hydrogen-bond acceptors (Lipinski definition) is 6. The van der Waals surface area contributed by atoms with E-state index in [-0.39, 0.29) is 24.8 Å². The van der Waals surface area contributed by atoms with Crippen molar-refractivity contribution in [3.63, 3.8) is 0 Å². The van der Waals surface area contributed by atoms with E-state index >= 15 is 0 Å². The Kier molecular flexibility index (Phi) is 5.73. The Morgan fingerprint density at radius 2 is 1.78 bits per heavy atom. The van der Waals surface area contributed by atoms with E-state index < -0.39 is 0 Å². The third kappa shape index (κ3) is 4.04. The zero-order valence-corrected chi connectivity index (χ0v) is 19.2. The highest BCUT2D eigenvalue weighted by molar-refractivity contribution is 8.26. The number of amides is 2. The van der Waals surface area contributed by atoms with Gasteiger partial charge in [-0.2, -0.15) is 0 Å². The summed E-state index contributed by atoms with van der Waals surface area (Å²) < 4.78 is 0.466. The molecular formula is C24H17N3O2S3. The van der Waals surface area contributed by atoms with Crippen molar-refractivity contribution in [1.29, 1.82) is 0 Å². The van der Waals surface area contributed by atoms with Crippen LogP contribution >= 0.6 is 35.3 Å². The highest BCUT2D eigenvalue weighted by Crippen LogP contribution is 2.36. The van der Waals surface area contributed by atoms with E-state index in [1.54, 1.807) is 11.6 Å². The van der Waals surface area contributed by atoms with Crippen molar-refractivity contribution in [2.45, 2.75) is 6.42 Å². The minimum absolute atomic E-state index is 0.149. The van der Waals surface area contributed by atoms with Gasteiger partial charge in [-0.05, 0) is 39.3 Å². The molecule has 0 spiro atoms. The molecule has 0 aliphatic carbocycles. The predicted molar refractivity (Wildman–Crippen MR) is 137 cm³/mol. The molecule has 1 saturated heterocycles. The fourth-order valence-corrected chi connectivity index (χ4v) is 5.54. The smallest absolute Gasteiger partial charge is 0.266 e. The Balaban J connectivity index is 1.42. The van der Waals surface area contributed by atoms with E-state index in [4.69, 9.17) is 12.2 Å². The summed E-state index contributed by atoms with van der Waals surface area (Å²) in [5, 5.41) is 9.47. The number of thioether (sulfide) groups is 1. The molecule has 0 unspecified atom stereocenters. The first-order valence-corrected chi connectivity index (χ1v) is 12.1. The van der Waals surface area contributed by atoms with Crippen LogP contribution in [0.4, 0.5) is 5.13 Å². The molecule has 3 aromatic carbocycles. The molecule has 1 N–H and O–H groups in total. The Morgan fingerprint density at radius 3 is 2.44 bits per heavy atom. The van der Waals surface area contributed by atoms with Crippen LogP contribution in [-0.2, 0) is 9.59 Å². The average molecular weight is 476 g/mol. The number of carbonyl (C=O) groups excluding carboxylic acids is 2. The van der Waals surface area contributed by atoms with Crippen LogP contribution in [0.15, 0.2) is 71.1 Å². The number of anilines is 1. The second-order valence-electron chi connectivity index (χ2n) is 7.20. The van der Waals surface area contributed by atoms with Crippen LogP contribution in [0.5, 0.6) is 0 Å². The topological polar surface area (TPSA) is 62.3 Å². The van der Waals surface area contributed by atoms with Gasteiger partial charge in [0, 0.05) is 24.5 Å². The molecule has 4 aromatic rings. The predicted octanol–water partition coefficient (Wildman–Crippen LogP) is 5.68. The fourth-order valence-electron chi connectivity index (χ4n) is 3.71. The summed E-state index contributed by atoms with van der Waals surface area (Å²) >= 11 is 8.08. The SMILES string of the molecule is O=C(CCN1C(=O)/C(=C/c2c3ccccc3cc3ccccc23)SC1=S)Nc1nccs1. The van der Waals surface area contributed by atoms with Crippen molar-refractivity contribution in [1.82, 2.24) is 9.88 Å². The van der Waals surface area contributed by atoms with Crippen molar-refractivity contribution >= 4 is 84.2 Å². The number of fused-ring (bicyclic) bond motifs is 2. The number of rotatable bonds is 5. The van der Waals surface area contributed by atoms with Gasteiger partial charge in [0.25, 0.3) is 5.91 Å². The number of aromatic nitrogens is 1. The van der Waals surface area contributed by atoms with Crippen LogP contribution in [-0.4, -0.2) is 32.6 Å². The van der Waals surface area contributed by atoms with E-state index in [0.29, 0.717) is 14.4 Å². The molecule has 2 heterocycles. The third-order valence-corrected chi connectivity index (χ3v) is 7.27. The second kappa shape index (κ2) is 8.82. The highest BCUT2D eigenvalue weighted by Gasteiger charge is 2.32. The van der Waals surface area contributed by atoms with Crippen molar-refractivity contribution in [2.75, 3.05) is 11.9 Å². The Labute approximate surface area is 198 Å². The quantitative estimate of drug-likeness (QED) is 0.229. The molecule has 1 aliphatic heterocycles. The van der Waals surface area contributed by atoms with Gasteiger partial charge in [0.1, 0.15) is 4.32 Å².